The van der Waals surface area contributed by atoms with E-state index in [2.05, 4.69) is 0 Å². The summed E-state index contributed by atoms with van der Waals surface area (Å²) in [6, 6.07) is 13.1. The fourth-order valence-electron chi connectivity index (χ4n) is 1.99. The molecule has 0 spiro atoms. The molecule has 0 atom stereocenters. The van der Waals surface area contributed by atoms with Crippen LogP contribution in [0.4, 0.5) is 5.82 Å². The Morgan fingerprint density at radius 2 is 1.44 bits per heavy atom. The molecule has 1 aromatic heterocycles. The molecular formula is C14H10N2O2. The summed E-state index contributed by atoms with van der Waals surface area (Å²) in [5, 5.41) is 0. The Bertz CT molecular complexity index is 623. The Labute approximate surface area is 104 Å². The van der Waals surface area contributed by atoms with Crippen molar-refractivity contribution < 1.29 is 9.59 Å². The molecule has 0 bridgehead atoms. The summed E-state index contributed by atoms with van der Waals surface area (Å²) in [5.41, 5.74) is 0.907. The lowest BCUT2D eigenvalue weighted by Crippen LogP contribution is -2.31. The van der Waals surface area contributed by atoms with E-state index in [1.54, 1.807) is 12.1 Å². The SMILES string of the molecule is O=C1C=CC(=O)N1c1cccn1-c1ccccc1. The largest absolute Gasteiger partial charge is 0.303 e. The second-order valence-electron chi connectivity index (χ2n) is 3.92. The molecule has 4 heteroatoms. The first kappa shape index (κ1) is 10.5. The quantitative estimate of drug-likeness (QED) is 0.750. The van der Waals surface area contributed by atoms with Gasteiger partial charge in [-0.25, -0.2) is 4.90 Å². The Morgan fingerprint density at radius 3 is 2.11 bits per heavy atom. The molecule has 88 valence electrons. The third kappa shape index (κ3) is 1.55. The second-order valence-corrected chi connectivity index (χ2v) is 3.92. The summed E-state index contributed by atoms with van der Waals surface area (Å²) >= 11 is 0. The van der Waals surface area contributed by atoms with E-state index >= 15 is 0 Å². The number of rotatable bonds is 2. The predicted octanol–water partition coefficient (Wildman–Crippen LogP) is 1.91. The van der Waals surface area contributed by atoms with E-state index in [0.29, 0.717) is 5.82 Å². The normalized spacial score (nSPS) is 14.6. The molecule has 18 heavy (non-hydrogen) atoms. The minimum atomic E-state index is -0.309. The summed E-state index contributed by atoms with van der Waals surface area (Å²) in [4.78, 5) is 24.5. The van der Waals surface area contributed by atoms with Crippen LogP contribution in [0.3, 0.4) is 0 Å². The molecule has 3 rings (SSSR count). The highest BCUT2D eigenvalue weighted by atomic mass is 16.2. The molecule has 2 aromatic rings. The average molecular weight is 238 g/mol. The molecule has 0 N–H and O–H groups in total. The maximum atomic E-state index is 11.7. The molecule has 0 fully saturated rings. The Kier molecular flexibility index (Phi) is 2.34. The lowest BCUT2D eigenvalue weighted by molar-refractivity contribution is -0.120. The van der Waals surface area contributed by atoms with E-state index in [-0.39, 0.29) is 11.8 Å². The van der Waals surface area contributed by atoms with Gasteiger partial charge >= 0.3 is 0 Å². The number of hydrogen-bond donors (Lipinski definition) is 0. The van der Waals surface area contributed by atoms with Crippen molar-refractivity contribution in [1.82, 2.24) is 4.57 Å². The number of benzene rings is 1. The predicted molar refractivity (Wildman–Crippen MR) is 67.4 cm³/mol. The second kappa shape index (κ2) is 4.00. The van der Waals surface area contributed by atoms with Gasteiger partial charge in [0.05, 0.1) is 0 Å². The molecule has 1 aliphatic rings. The van der Waals surface area contributed by atoms with Crippen molar-refractivity contribution in [2.24, 2.45) is 0 Å². The van der Waals surface area contributed by atoms with Gasteiger partial charge in [-0.15, -0.1) is 0 Å². The van der Waals surface area contributed by atoms with Gasteiger partial charge in [-0.3, -0.25) is 9.59 Å². The van der Waals surface area contributed by atoms with Crippen LogP contribution < -0.4 is 4.90 Å². The molecule has 0 saturated heterocycles. The maximum absolute atomic E-state index is 11.7. The van der Waals surface area contributed by atoms with Crippen molar-refractivity contribution in [2.45, 2.75) is 0 Å². The van der Waals surface area contributed by atoms with Crippen LogP contribution in [0.2, 0.25) is 0 Å². The lowest BCUT2D eigenvalue weighted by Gasteiger charge is -2.16. The van der Waals surface area contributed by atoms with Gasteiger partial charge in [0.1, 0.15) is 5.82 Å². The first-order chi connectivity index (χ1) is 8.77. The summed E-state index contributed by atoms with van der Waals surface area (Å²) < 4.78 is 1.81. The van der Waals surface area contributed by atoms with Crippen molar-refractivity contribution in [3.05, 3.63) is 60.8 Å². The molecule has 0 aliphatic carbocycles. The van der Waals surface area contributed by atoms with Gasteiger partial charge in [0.2, 0.25) is 0 Å². The molecule has 4 nitrogen and oxygen atoms in total. The van der Waals surface area contributed by atoms with Crippen molar-refractivity contribution >= 4 is 17.6 Å². The highest BCUT2D eigenvalue weighted by Crippen LogP contribution is 2.23. The van der Waals surface area contributed by atoms with Crippen LogP contribution in [0.15, 0.2) is 60.8 Å². The van der Waals surface area contributed by atoms with Gasteiger partial charge in [-0.05, 0) is 24.3 Å². The third-order valence-electron chi connectivity index (χ3n) is 2.80. The molecule has 0 saturated carbocycles. The number of aromatic nitrogens is 1. The molecule has 0 unspecified atom stereocenters. The number of amides is 2. The van der Waals surface area contributed by atoms with E-state index in [1.165, 1.54) is 12.2 Å². The zero-order valence-corrected chi connectivity index (χ0v) is 9.48. The Hall–Kier alpha value is -2.62. The van der Waals surface area contributed by atoms with Gasteiger partial charge < -0.3 is 4.57 Å². The molecule has 1 aromatic carbocycles. The van der Waals surface area contributed by atoms with Gasteiger partial charge in [-0.2, -0.15) is 0 Å². The number of para-hydroxylation sites is 1. The van der Waals surface area contributed by atoms with Gasteiger partial charge in [0.15, 0.2) is 0 Å². The third-order valence-corrected chi connectivity index (χ3v) is 2.80. The van der Waals surface area contributed by atoms with Gasteiger partial charge in [0, 0.05) is 24.0 Å². The highest BCUT2D eigenvalue weighted by Gasteiger charge is 2.27. The summed E-state index contributed by atoms with van der Waals surface area (Å²) in [5.74, 6) is -0.0621. The number of nitrogens with zero attached hydrogens (tertiary/aromatic N) is 2. The number of anilines is 1. The van der Waals surface area contributed by atoms with Crippen LogP contribution >= 0.6 is 0 Å². The van der Waals surface area contributed by atoms with Crippen molar-refractivity contribution in [1.29, 1.82) is 0 Å². The zero-order valence-electron chi connectivity index (χ0n) is 9.48. The van der Waals surface area contributed by atoms with E-state index in [9.17, 15) is 9.59 Å². The standard InChI is InChI=1S/C14H10N2O2/c17-13-8-9-14(18)16(13)12-7-4-10-15(12)11-5-2-1-3-6-11/h1-10H. The summed E-state index contributed by atoms with van der Waals surface area (Å²) in [6.07, 6.45) is 4.39. The summed E-state index contributed by atoms with van der Waals surface area (Å²) in [7, 11) is 0. The fourth-order valence-corrected chi connectivity index (χ4v) is 1.99. The fraction of sp³-hybridized carbons (Fsp3) is 0. The Balaban J connectivity index is 2.08. The topological polar surface area (TPSA) is 42.3 Å². The van der Waals surface area contributed by atoms with E-state index < -0.39 is 0 Å². The van der Waals surface area contributed by atoms with Crippen molar-refractivity contribution in [2.75, 3.05) is 4.90 Å². The van der Waals surface area contributed by atoms with Crippen molar-refractivity contribution in [3.8, 4) is 5.69 Å². The van der Waals surface area contributed by atoms with Gasteiger partial charge in [0.25, 0.3) is 11.8 Å². The zero-order chi connectivity index (χ0) is 12.5. The van der Waals surface area contributed by atoms with Gasteiger partial charge in [-0.1, -0.05) is 18.2 Å². The molecule has 2 amide bonds. The van der Waals surface area contributed by atoms with Crippen LogP contribution in [0.25, 0.3) is 5.69 Å². The number of imide groups is 1. The van der Waals surface area contributed by atoms with E-state index in [0.717, 1.165) is 10.6 Å². The van der Waals surface area contributed by atoms with Crippen LogP contribution in [0.5, 0.6) is 0 Å². The smallest absolute Gasteiger partial charge is 0.259 e. The van der Waals surface area contributed by atoms with Crippen LogP contribution in [0.1, 0.15) is 0 Å². The highest BCUT2D eigenvalue weighted by molar-refractivity contribution is 6.27. The van der Waals surface area contributed by atoms with E-state index in [4.69, 9.17) is 0 Å². The minimum absolute atomic E-state index is 0.309. The first-order valence-corrected chi connectivity index (χ1v) is 5.56. The summed E-state index contributed by atoms with van der Waals surface area (Å²) in [6.45, 7) is 0. The van der Waals surface area contributed by atoms with E-state index in [1.807, 2.05) is 41.1 Å². The number of carbonyl (C=O) groups excluding carboxylic acids is 2. The number of hydrogen-bond acceptors (Lipinski definition) is 2. The number of carbonyl (C=O) groups is 2. The Morgan fingerprint density at radius 1 is 0.778 bits per heavy atom. The van der Waals surface area contributed by atoms with Crippen LogP contribution in [-0.4, -0.2) is 16.4 Å². The maximum Gasteiger partial charge on any atom is 0.259 e. The minimum Gasteiger partial charge on any atom is -0.303 e. The molecule has 2 heterocycles. The monoisotopic (exact) mass is 238 g/mol. The van der Waals surface area contributed by atoms with Crippen LogP contribution in [0, 0.1) is 0 Å². The molecule has 1 aliphatic heterocycles. The molecule has 0 radical (unpaired) electrons. The van der Waals surface area contributed by atoms with Crippen LogP contribution in [-0.2, 0) is 9.59 Å². The van der Waals surface area contributed by atoms with Crippen molar-refractivity contribution in [3.63, 3.8) is 0 Å². The average Bonchev–Trinajstić information content (AvgIpc) is 2.97. The first-order valence-electron chi connectivity index (χ1n) is 5.56. The lowest BCUT2D eigenvalue weighted by atomic mass is 10.3. The molecular weight excluding hydrogens is 228 g/mol.